The van der Waals surface area contributed by atoms with Crippen LogP contribution in [-0.4, -0.2) is 21.7 Å². The largest absolute Gasteiger partial charge is 0.337 e. The summed E-state index contributed by atoms with van der Waals surface area (Å²) in [7, 11) is 0. The zero-order valence-corrected chi connectivity index (χ0v) is 8.76. The third-order valence-electron chi connectivity index (χ3n) is 2.69. The fourth-order valence-corrected chi connectivity index (χ4v) is 1.87. The van der Waals surface area contributed by atoms with Gasteiger partial charge in [-0.05, 0) is 31.5 Å². The highest BCUT2D eigenvalue weighted by Gasteiger charge is 2.22. The van der Waals surface area contributed by atoms with Crippen molar-refractivity contribution < 1.29 is 4.52 Å². The normalized spacial score (nSPS) is 20.1. The first-order valence-electron chi connectivity index (χ1n) is 5.42. The van der Waals surface area contributed by atoms with Crippen molar-refractivity contribution in [3.8, 4) is 11.5 Å². The molecule has 16 heavy (non-hydrogen) atoms. The average Bonchev–Trinajstić information content (AvgIpc) is 3.01. The molecule has 1 aliphatic rings. The minimum Gasteiger partial charge on any atom is -0.337 e. The van der Waals surface area contributed by atoms with Crippen LogP contribution in [0.1, 0.15) is 24.8 Å². The summed E-state index contributed by atoms with van der Waals surface area (Å²) >= 11 is 0. The highest BCUT2D eigenvalue weighted by atomic mass is 16.5. The second-order valence-corrected chi connectivity index (χ2v) is 3.82. The highest BCUT2D eigenvalue weighted by Crippen LogP contribution is 2.23. The Kier molecular flexibility index (Phi) is 2.38. The van der Waals surface area contributed by atoms with E-state index in [0.717, 1.165) is 25.1 Å². The second kappa shape index (κ2) is 4.02. The third-order valence-corrected chi connectivity index (χ3v) is 2.69. The molecule has 2 aromatic heterocycles. The predicted molar refractivity (Wildman–Crippen MR) is 57.5 cm³/mol. The van der Waals surface area contributed by atoms with Crippen LogP contribution in [0, 0.1) is 0 Å². The van der Waals surface area contributed by atoms with Gasteiger partial charge in [-0.3, -0.25) is 4.98 Å². The molecule has 1 saturated heterocycles. The summed E-state index contributed by atoms with van der Waals surface area (Å²) in [6.07, 6.45) is 3.94. The lowest BCUT2D eigenvalue weighted by molar-refractivity contribution is 0.345. The van der Waals surface area contributed by atoms with Gasteiger partial charge in [-0.15, -0.1) is 0 Å². The molecule has 0 saturated carbocycles. The van der Waals surface area contributed by atoms with Gasteiger partial charge in [0, 0.05) is 6.20 Å². The topological polar surface area (TPSA) is 63.8 Å². The Hall–Kier alpha value is -1.75. The van der Waals surface area contributed by atoms with Crippen molar-refractivity contribution >= 4 is 0 Å². The molecular weight excluding hydrogens is 204 g/mol. The van der Waals surface area contributed by atoms with Gasteiger partial charge >= 0.3 is 0 Å². The number of nitrogens with zero attached hydrogens (tertiary/aromatic N) is 3. The van der Waals surface area contributed by atoms with Crippen molar-refractivity contribution in [1.82, 2.24) is 20.4 Å². The fraction of sp³-hybridized carbons (Fsp3) is 0.364. The first kappa shape index (κ1) is 9.47. The maximum atomic E-state index is 5.24. The van der Waals surface area contributed by atoms with Gasteiger partial charge in [0.05, 0.1) is 6.04 Å². The maximum Gasteiger partial charge on any atom is 0.244 e. The van der Waals surface area contributed by atoms with Crippen LogP contribution in [0.3, 0.4) is 0 Å². The first-order chi connectivity index (χ1) is 7.93. The van der Waals surface area contributed by atoms with Crippen molar-refractivity contribution in [2.75, 3.05) is 6.54 Å². The predicted octanol–water partition coefficient (Wildman–Crippen LogP) is 1.56. The molecule has 1 fully saturated rings. The van der Waals surface area contributed by atoms with E-state index in [4.69, 9.17) is 4.52 Å². The van der Waals surface area contributed by atoms with Crippen LogP contribution in [0.2, 0.25) is 0 Å². The summed E-state index contributed by atoms with van der Waals surface area (Å²) in [5.41, 5.74) is 0.746. The smallest absolute Gasteiger partial charge is 0.244 e. The van der Waals surface area contributed by atoms with Crippen LogP contribution in [0.15, 0.2) is 28.9 Å². The fourth-order valence-electron chi connectivity index (χ4n) is 1.87. The molecular formula is C11H12N4O. The summed E-state index contributed by atoms with van der Waals surface area (Å²) in [6, 6.07) is 5.86. The number of hydrogen-bond acceptors (Lipinski definition) is 5. The van der Waals surface area contributed by atoms with Crippen LogP contribution in [0.25, 0.3) is 11.5 Å². The van der Waals surface area contributed by atoms with Crippen molar-refractivity contribution in [1.29, 1.82) is 0 Å². The standard InChI is InChI=1S/C11H12N4O/c1-2-6-12-8(4-1)10-14-11(16-15-10)9-5-3-7-13-9/h1-2,4,6,9,13H,3,5,7H2/t9-/m0/s1. The van der Waals surface area contributed by atoms with Gasteiger partial charge in [0.2, 0.25) is 11.7 Å². The number of rotatable bonds is 2. The SMILES string of the molecule is c1ccc(-c2noc([C@@H]3CCCN3)n2)nc1. The molecule has 5 nitrogen and oxygen atoms in total. The van der Waals surface area contributed by atoms with Gasteiger partial charge in [0.1, 0.15) is 5.69 Å². The van der Waals surface area contributed by atoms with E-state index >= 15 is 0 Å². The van der Waals surface area contributed by atoms with Gasteiger partial charge in [-0.25, -0.2) is 0 Å². The van der Waals surface area contributed by atoms with Gasteiger partial charge in [0.25, 0.3) is 0 Å². The molecule has 3 rings (SSSR count). The highest BCUT2D eigenvalue weighted by molar-refractivity contribution is 5.47. The molecule has 0 aliphatic carbocycles. The Bertz CT molecular complexity index is 462. The Morgan fingerprint density at radius 1 is 1.38 bits per heavy atom. The molecule has 0 unspecified atom stereocenters. The van der Waals surface area contributed by atoms with Gasteiger partial charge in [0.15, 0.2) is 0 Å². The van der Waals surface area contributed by atoms with E-state index in [9.17, 15) is 0 Å². The molecule has 5 heteroatoms. The lowest BCUT2D eigenvalue weighted by atomic mass is 10.2. The molecule has 1 aliphatic heterocycles. The van der Waals surface area contributed by atoms with Crippen molar-refractivity contribution in [3.05, 3.63) is 30.3 Å². The van der Waals surface area contributed by atoms with Crippen molar-refractivity contribution in [2.24, 2.45) is 0 Å². The van der Waals surface area contributed by atoms with Gasteiger partial charge in [-0.2, -0.15) is 4.98 Å². The monoisotopic (exact) mass is 216 g/mol. The molecule has 0 spiro atoms. The van der Waals surface area contributed by atoms with Crippen LogP contribution < -0.4 is 5.32 Å². The van der Waals surface area contributed by atoms with Gasteiger partial charge < -0.3 is 9.84 Å². The van der Waals surface area contributed by atoms with E-state index in [1.165, 1.54) is 0 Å². The van der Waals surface area contributed by atoms with Crippen LogP contribution in [0.4, 0.5) is 0 Å². The van der Waals surface area contributed by atoms with Gasteiger partial charge in [-0.1, -0.05) is 11.2 Å². The Morgan fingerprint density at radius 3 is 3.12 bits per heavy atom. The van der Waals surface area contributed by atoms with Crippen LogP contribution in [0.5, 0.6) is 0 Å². The number of pyridine rings is 1. The third kappa shape index (κ3) is 1.69. The van der Waals surface area contributed by atoms with E-state index in [0.29, 0.717) is 11.7 Å². The molecule has 0 aromatic carbocycles. The maximum absolute atomic E-state index is 5.24. The van der Waals surface area contributed by atoms with Crippen LogP contribution in [-0.2, 0) is 0 Å². The van der Waals surface area contributed by atoms with Crippen molar-refractivity contribution in [2.45, 2.75) is 18.9 Å². The summed E-state index contributed by atoms with van der Waals surface area (Å²) < 4.78 is 5.24. The molecule has 82 valence electrons. The van der Waals surface area contributed by atoms with E-state index < -0.39 is 0 Å². The molecule has 1 N–H and O–H groups in total. The lowest BCUT2D eigenvalue weighted by Crippen LogP contribution is -2.12. The van der Waals surface area contributed by atoms with Crippen molar-refractivity contribution in [3.63, 3.8) is 0 Å². The summed E-state index contributed by atoms with van der Waals surface area (Å²) in [6.45, 7) is 1.02. The first-order valence-corrected chi connectivity index (χ1v) is 5.42. The molecule has 3 heterocycles. The zero-order valence-electron chi connectivity index (χ0n) is 8.76. The molecule has 1 atom stereocenters. The molecule has 0 bridgehead atoms. The number of nitrogens with one attached hydrogen (secondary N) is 1. The number of aromatic nitrogens is 3. The summed E-state index contributed by atoms with van der Waals surface area (Å²) in [5, 5.41) is 7.26. The quantitative estimate of drug-likeness (QED) is 0.825. The lowest BCUT2D eigenvalue weighted by Gasteiger charge is -2.01. The Morgan fingerprint density at radius 2 is 2.38 bits per heavy atom. The zero-order chi connectivity index (χ0) is 10.8. The minimum atomic E-state index is 0.213. The Labute approximate surface area is 92.9 Å². The van der Waals surface area contributed by atoms with E-state index in [-0.39, 0.29) is 6.04 Å². The Balaban J connectivity index is 1.87. The van der Waals surface area contributed by atoms with E-state index in [2.05, 4.69) is 20.4 Å². The van der Waals surface area contributed by atoms with Crippen LogP contribution >= 0.6 is 0 Å². The molecule has 2 aromatic rings. The number of hydrogen-bond donors (Lipinski definition) is 1. The summed E-state index contributed by atoms with van der Waals surface area (Å²) in [4.78, 5) is 8.54. The van der Waals surface area contributed by atoms with E-state index in [1.807, 2.05) is 18.2 Å². The van der Waals surface area contributed by atoms with E-state index in [1.54, 1.807) is 6.20 Å². The average molecular weight is 216 g/mol. The minimum absolute atomic E-state index is 0.213. The second-order valence-electron chi connectivity index (χ2n) is 3.82. The summed E-state index contributed by atoms with van der Waals surface area (Å²) in [5.74, 6) is 1.22. The molecule has 0 amide bonds. The molecule has 0 radical (unpaired) electrons.